The van der Waals surface area contributed by atoms with E-state index in [4.69, 9.17) is 11.0 Å². The molecular weight excluding hydrogens is 150 g/mol. The summed E-state index contributed by atoms with van der Waals surface area (Å²) in [6.07, 6.45) is 5.43. The number of nitrogens with two attached hydrogens (primary N) is 1. The molecular formula is C9H17N3. The van der Waals surface area contributed by atoms with Crippen molar-refractivity contribution in [1.29, 1.82) is 5.26 Å². The number of nitrogens with zero attached hydrogens (tertiary/aromatic N) is 1. The third-order valence-electron chi connectivity index (χ3n) is 2.46. The lowest BCUT2D eigenvalue weighted by Crippen LogP contribution is -2.47. The second-order valence-electron chi connectivity index (χ2n) is 3.42. The van der Waals surface area contributed by atoms with Crippen LogP contribution in [-0.4, -0.2) is 18.6 Å². The van der Waals surface area contributed by atoms with Crippen LogP contribution in [0.4, 0.5) is 0 Å². The molecule has 0 aromatic rings. The van der Waals surface area contributed by atoms with Crippen LogP contribution in [0.25, 0.3) is 0 Å². The van der Waals surface area contributed by atoms with Crippen LogP contribution in [0.1, 0.15) is 32.1 Å². The summed E-state index contributed by atoms with van der Waals surface area (Å²) in [5.41, 5.74) is 5.92. The molecule has 0 aliphatic heterocycles. The van der Waals surface area contributed by atoms with E-state index < -0.39 is 0 Å². The van der Waals surface area contributed by atoms with E-state index in [-0.39, 0.29) is 0 Å². The second-order valence-corrected chi connectivity index (χ2v) is 3.42. The highest BCUT2D eigenvalue weighted by molar-refractivity contribution is 4.84. The van der Waals surface area contributed by atoms with Gasteiger partial charge in [0.15, 0.2) is 0 Å². The van der Waals surface area contributed by atoms with Crippen molar-refractivity contribution in [2.75, 3.05) is 6.54 Å². The van der Waals surface area contributed by atoms with Gasteiger partial charge in [-0.2, -0.15) is 5.26 Å². The summed E-state index contributed by atoms with van der Waals surface area (Å²) in [5.74, 6) is 0. The minimum Gasteiger partial charge on any atom is -0.326 e. The van der Waals surface area contributed by atoms with E-state index in [0.29, 0.717) is 18.5 Å². The van der Waals surface area contributed by atoms with E-state index in [1.165, 1.54) is 19.3 Å². The van der Waals surface area contributed by atoms with Crippen molar-refractivity contribution in [1.82, 2.24) is 5.32 Å². The maximum atomic E-state index is 8.34. The minimum absolute atomic E-state index is 0.303. The highest BCUT2D eigenvalue weighted by Gasteiger charge is 2.20. The molecule has 3 nitrogen and oxygen atoms in total. The third kappa shape index (κ3) is 2.80. The van der Waals surface area contributed by atoms with Crippen molar-refractivity contribution in [3.8, 4) is 6.07 Å². The molecule has 68 valence electrons. The predicted molar refractivity (Wildman–Crippen MR) is 48.5 cm³/mol. The molecule has 0 amide bonds. The molecule has 0 saturated heterocycles. The fourth-order valence-corrected chi connectivity index (χ4v) is 1.73. The van der Waals surface area contributed by atoms with Gasteiger partial charge in [-0.3, -0.25) is 0 Å². The largest absolute Gasteiger partial charge is 0.326 e. The number of rotatable bonds is 3. The zero-order chi connectivity index (χ0) is 8.81. The lowest BCUT2D eigenvalue weighted by Gasteiger charge is -2.29. The van der Waals surface area contributed by atoms with Crippen molar-refractivity contribution in [3.05, 3.63) is 0 Å². The first-order valence-electron chi connectivity index (χ1n) is 4.70. The van der Waals surface area contributed by atoms with Crippen LogP contribution in [0.5, 0.6) is 0 Å². The molecule has 0 aromatic carbocycles. The first-order chi connectivity index (χ1) is 5.84. The standard InChI is InChI=1S/C9H17N3/c10-6-3-7-12-9-5-2-1-4-8(9)11/h8-9,12H,1-5,7,11H2. The Morgan fingerprint density at radius 2 is 2.17 bits per heavy atom. The van der Waals surface area contributed by atoms with Crippen LogP contribution in [0, 0.1) is 11.3 Å². The molecule has 1 saturated carbocycles. The van der Waals surface area contributed by atoms with Crippen molar-refractivity contribution in [2.45, 2.75) is 44.2 Å². The lowest BCUT2D eigenvalue weighted by atomic mass is 9.91. The van der Waals surface area contributed by atoms with Gasteiger partial charge in [-0.25, -0.2) is 0 Å². The third-order valence-corrected chi connectivity index (χ3v) is 2.46. The van der Waals surface area contributed by atoms with E-state index in [1.807, 2.05) is 0 Å². The van der Waals surface area contributed by atoms with E-state index >= 15 is 0 Å². The molecule has 0 aromatic heterocycles. The average Bonchev–Trinajstić information content (AvgIpc) is 2.09. The maximum Gasteiger partial charge on any atom is 0.0635 e. The van der Waals surface area contributed by atoms with Crippen LogP contribution in [0.15, 0.2) is 0 Å². The molecule has 2 atom stereocenters. The second kappa shape index (κ2) is 5.13. The van der Waals surface area contributed by atoms with Gasteiger partial charge in [0, 0.05) is 25.0 Å². The van der Waals surface area contributed by atoms with Gasteiger partial charge in [0.1, 0.15) is 0 Å². The Morgan fingerprint density at radius 1 is 1.42 bits per heavy atom. The fraction of sp³-hybridized carbons (Fsp3) is 0.889. The summed E-state index contributed by atoms with van der Waals surface area (Å²) in [6.45, 7) is 0.787. The van der Waals surface area contributed by atoms with E-state index in [2.05, 4.69) is 11.4 Å². The van der Waals surface area contributed by atoms with Gasteiger partial charge >= 0.3 is 0 Å². The molecule has 0 spiro atoms. The molecule has 0 radical (unpaired) electrons. The molecule has 0 heterocycles. The Bertz CT molecular complexity index is 162. The smallest absolute Gasteiger partial charge is 0.0635 e. The highest BCUT2D eigenvalue weighted by atomic mass is 14.9. The molecule has 1 aliphatic rings. The van der Waals surface area contributed by atoms with Gasteiger partial charge < -0.3 is 11.1 Å². The summed E-state index contributed by atoms with van der Waals surface area (Å²) in [4.78, 5) is 0. The van der Waals surface area contributed by atoms with Crippen LogP contribution in [-0.2, 0) is 0 Å². The molecule has 1 aliphatic carbocycles. The highest BCUT2D eigenvalue weighted by Crippen LogP contribution is 2.16. The first-order valence-corrected chi connectivity index (χ1v) is 4.70. The van der Waals surface area contributed by atoms with Gasteiger partial charge in [0.25, 0.3) is 0 Å². The SMILES string of the molecule is N#CCCNC1CCCCC1N. The summed E-state index contributed by atoms with van der Waals surface area (Å²) in [6, 6.07) is 2.87. The van der Waals surface area contributed by atoms with Crippen LogP contribution < -0.4 is 11.1 Å². The van der Waals surface area contributed by atoms with Crippen molar-refractivity contribution in [2.24, 2.45) is 5.73 Å². The van der Waals surface area contributed by atoms with E-state index in [0.717, 1.165) is 13.0 Å². The molecule has 0 bridgehead atoms. The van der Waals surface area contributed by atoms with Gasteiger partial charge in [-0.05, 0) is 12.8 Å². The molecule has 1 fully saturated rings. The van der Waals surface area contributed by atoms with Crippen LogP contribution >= 0.6 is 0 Å². The quantitative estimate of drug-likeness (QED) is 0.610. The van der Waals surface area contributed by atoms with Gasteiger partial charge in [-0.15, -0.1) is 0 Å². The van der Waals surface area contributed by atoms with Gasteiger partial charge in [0.05, 0.1) is 6.07 Å². The number of hydrogen-bond acceptors (Lipinski definition) is 3. The predicted octanol–water partition coefficient (Wildman–Crippen LogP) is 0.760. The average molecular weight is 167 g/mol. The van der Waals surface area contributed by atoms with E-state index in [1.54, 1.807) is 0 Å². The fourth-order valence-electron chi connectivity index (χ4n) is 1.73. The minimum atomic E-state index is 0.303. The molecule has 3 N–H and O–H groups in total. The zero-order valence-corrected chi connectivity index (χ0v) is 7.42. The normalized spacial score (nSPS) is 29.7. The Hall–Kier alpha value is -0.590. The van der Waals surface area contributed by atoms with Gasteiger partial charge in [0.2, 0.25) is 0 Å². The summed E-state index contributed by atoms with van der Waals surface area (Å²) in [5, 5.41) is 11.7. The van der Waals surface area contributed by atoms with Crippen molar-refractivity contribution in [3.63, 3.8) is 0 Å². The maximum absolute atomic E-state index is 8.34. The zero-order valence-electron chi connectivity index (χ0n) is 7.42. The Balaban J connectivity index is 2.16. The number of nitriles is 1. The van der Waals surface area contributed by atoms with Crippen LogP contribution in [0.2, 0.25) is 0 Å². The van der Waals surface area contributed by atoms with Crippen molar-refractivity contribution >= 4 is 0 Å². The topological polar surface area (TPSA) is 61.8 Å². The lowest BCUT2D eigenvalue weighted by molar-refractivity contribution is 0.330. The summed E-state index contributed by atoms with van der Waals surface area (Å²) >= 11 is 0. The number of nitrogens with one attached hydrogen (secondary N) is 1. The first kappa shape index (κ1) is 9.50. The monoisotopic (exact) mass is 167 g/mol. The van der Waals surface area contributed by atoms with Gasteiger partial charge in [-0.1, -0.05) is 12.8 Å². The molecule has 1 rings (SSSR count). The molecule has 3 heteroatoms. The summed E-state index contributed by atoms with van der Waals surface area (Å²) in [7, 11) is 0. The molecule has 12 heavy (non-hydrogen) atoms. The Morgan fingerprint density at radius 3 is 2.83 bits per heavy atom. The Kier molecular flexibility index (Phi) is 4.06. The molecule has 2 unspecified atom stereocenters. The van der Waals surface area contributed by atoms with E-state index in [9.17, 15) is 0 Å². The Labute approximate surface area is 73.9 Å². The van der Waals surface area contributed by atoms with Crippen molar-refractivity contribution < 1.29 is 0 Å². The van der Waals surface area contributed by atoms with Crippen LogP contribution in [0.3, 0.4) is 0 Å². The number of hydrogen-bond donors (Lipinski definition) is 2. The summed E-state index contributed by atoms with van der Waals surface area (Å²) < 4.78 is 0.